The fourth-order valence-electron chi connectivity index (χ4n) is 5.69. The molecule has 0 aliphatic rings. The van der Waals surface area contributed by atoms with E-state index in [9.17, 15) is 19.2 Å². The number of hydrogen-bond donors (Lipinski definition) is 5. The molecule has 6 N–H and O–H groups in total. The summed E-state index contributed by atoms with van der Waals surface area (Å²) in [6.45, 7) is 0.540. The second kappa shape index (κ2) is 18.2. The highest BCUT2D eigenvalue weighted by Gasteiger charge is 2.27. The van der Waals surface area contributed by atoms with E-state index < -0.39 is 29.9 Å². The van der Waals surface area contributed by atoms with Crippen molar-refractivity contribution in [3.63, 3.8) is 0 Å². The molecule has 0 saturated carbocycles. The van der Waals surface area contributed by atoms with Gasteiger partial charge < -0.3 is 36.5 Å². The van der Waals surface area contributed by atoms with Crippen LogP contribution in [0.1, 0.15) is 23.1 Å². The Morgan fingerprint density at radius 3 is 2.13 bits per heavy atom. The van der Waals surface area contributed by atoms with Gasteiger partial charge in [0.25, 0.3) is 0 Å². The Morgan fingerprint density at radius 1 is 0.788 bits per heavy atom. The highest BCUT2D eigenvalue weighted by atomic mass is 35.5. The van der Waals surface area contributed by atoms with Crippen LogP contribution in [0.5, 0.6) is 0 Å². The van der Waals surface area contributed by atoms with Crippen molar-refractivity contribution in [1.29, 1.82) is 0 Å². The van der Waals surface area contributed by atoms with Crippen molar-refractivity contribution in [2.45, 2.75) is 38.0 Å². The summed E-state index contributed by atoms with van der Waals surface area (Å²) in [4.78, 5) is 54.1. The second-order valence-corrected chi connectivity index (χ2v) is 13.2. The van der Waals surface area contributed by atoms with Gasteiger partial charge in [-0.2, -0.15) is 0 Å². The van der Waals surface area contributed by atoms with Crippen molar-refractivity contribution >= 4 is 63.5 Å². The first kappa shape index (κ1) is 37.9. The molecule has 5 amide bonds. The predicted molar refractivity (Wildman–Crippen MR) is 205 cm³/mol. The minimum absolute atomic E-state index is 0.105. The monoisotopic (exact) mass is 741 g/mol. The molecule has 0 radical (unpaired) electrons. The van der Waals surface area contributed by atoms with E-state index in [4.69, 9.17) is 28.9 Å². The van der Waals surface area contributed by atoms with Crippen molar-refractivity contribution < 1.29 is 19.2 Å². The molecule has 1 aromatic heterocycles. The van der Waals surface area contributed by atoms with Crippen LogP contribution in [0.3, 0.4) is 0 Å². The summed E-state index contributed by atoms with van der Waals surface area (Å²) in [6.07, 6.45) is 2.28. The first-order valence-electron chi connectivity index (χ1n) is 16.8. The minimum Gasteiger partial charge on any atom is -0.350 e. The summed E-state index contributed by atoms with van der Waals surface area (Å²) < 4.78 is 2.01. The lowest BCUT2D eigenvalue weighted by Gasteiger charge is -2.24. The maximum Gasteiger partial charge on any atom is 0.322 e. The summed E-state index contributed by atoms with van der Waals surface area (Å²) in [5, 5.41) is 13.2. The molecule has 4 aromatic carbocycles. The van der Waals surface area contributed by atoms with Crippen LogP contribution >= 0.6 is 23.2 Å². The topological polar surface area (TPSA) is 151 Å². The van der Waals surface area contributed by atoms with Gasteiger partial charge in [-0.1, -0.05) is 89.9 Å². The predicted octanol–water partition coefficient (Wildman–Crippen LogP) is 5.34. The van der Waals surface area contributed by atoms with Crippen molar-refractivity contribution in [3.8, 4) is 0 Å². The third-order valence-corrected chi connectivity index (χ3v) is 9.18. The van der Waals surface area contributed by atoms with Crippen LogP contribution < -0.4 is 27.0 Å². The average molecular weight is 743 g/mol. The van der Waals surface area contributed by atoms with E-state index >= 15 is 0 Å². The van der Waals surface area contributed by atoms with E-state index in [2.05, 4.69) is 21.3 Å². The van der Waals surface area contributed by atoms with Gasteiger partial charge in [-0.15, -0.1) is 0 Å². The minimum atomic E-state index is -1.03. The summed E-state index contributed by atoms with van der Waals surface area (Å²) in [5.74, 6) is -1.49. The molecule has 2 atom stereocenters. The Balaban J connectivity index is 1.17. The number of halogens is 2. The number of nitrogens with two attached hydrogens (primary N) is 1. The molecule has 5 rings (SSSR count). The van der Waals surface area contributed by atoms with Crippen molar-refractivity contribution in [2.75, 3.05) is 25.5 Å². The van der Waals surface area contributed by atoms with Crippen LogP contribution in [-0.4, -0.2) is 65.4 Å². The first-order valence-corrected chi connectivity index (χ1v) is 17.6. The maximum absolute atomic E-state index is 13.5. The zero-order valence-electron chi connectivity index (χ0n) is 28.7. The van der Waals surface area contributed by atoms with Gasteiger partial charge in [0.15, 0.2) is 0 Å². The number of nitrogens with one attached hydrogen (secondary N) is 4. The fraction of sp³-hybridized carbons (Fsp3) is 0.231. The second-order valence-electron chi connectivity index (χ2n) is 12.4. The van der Waals surface area contributed by atoms with Gasteiger partial charge in [0.2, 0.25) is 17.7 Å². The first-order chi connectivity index (χ1) is 25.1. The van der Waals surface area contributed by atoms with Crippen molar-refractivity contribution in [3.05, 3.63) is 136 Å². The standard InChI is InChI=1S/C39H41Cl2N7O4/c1-47(39(52)44-29-15-16-35-28(22-29)18-20-48(35)24-30-31(40)13-8-14-32(30)41)25-36(49)45-33(17-19-42)38(51)46-34(21-26-9-4-2-5-10-26)37(50)43-23-27-11-6-3-7-12-27/h2-16,18,20,22,33-34H,17,19,21,23-25,42H2,1H3,(H,43,50)(H,44,52)(H,45,49)(H,46,51)/t33-,34-/m0/s1. The molecule has 0 aliphatic heterocycles. The smallest absolute Gasteiger partial charge is 0.322 e. The molecule has 0 unspecified atom stereocenters. The Kier molecular flexibility index (Phi) is 13.3. The Bertz CT molecular complexity index is 1990. The van der Waals surface area contributed by atoms with Crippen LogP contribution in [0.15, 0.2) is 109 Å². The molecule has 0 saturated heterocycles. The Hall–Kier alpha value is -5.36. The zero-order chi connectivity index (χ0) is 37.0. The van der Waals surface area contributed by atoms with Gasteiger partial charge in [-0.25, -0.2) is 4.79 Å². The van der Waals surface area contributed by atoms with E-state index in [1.165, 1.54) is 11.9 Å². The molecule has 0 fully saturated rings. The average Bonchev–Trinajstić information content (AvgIpc) is 3.54. The molecular weight excluding hydrogens is 701 g/mol. The van der Waals surface area contributed by atoms with Crippen LogP contribution in [-0.2, 0) is 33.9 Å². The molecule has 13 heteroatoms. The molecule has 5 aromatic rings. The van der Waals surface area contributed by atoms with E-state index in [0.29, 0.717) is 22.3 Å². The van der Waals surface area contributed by atoms with E-state index in [0.717, 1.165) is 27.6 Å². The quantitative estimate of drug-likeness (QED) is 0.0983. The summed E-state index contributed by atoms with van der Waals surface area (Å²) >= 11 is 12.7. The molecule has 0 aliphatic carbocycles. The number of carbonyl (C=O) groups is 4. The number of amides is 5. The number of carbonyl (C=O) groups excluding carboxylic acids is 4. The number of rotatable bonds is 15. The number of fused-ring (bicyclic) bond motifs is 1. The molecule has 1 heterocycles. The van der Waals surface area contributed by atoms with Crippen LogP contribution in [0, 0.1) is 0 Å². The molecule has 0 bridgehead atoms. The maximum atomic E-state index is 13.5. The highest BCUT2D eigenvalue weighted by Crippen LogP contribution is 2.28. The number of benzene rings is 4. The van der Waals surface area contributed by atoms with Crippen molar-refractivity contribution in [1.82, 2.24) is 25.4 Å². The van der Waals surface area contributed by atoms with Crippen LogP contribution in [0.2, 0.25) is 10.0 Å². The normalized spacial score (nSPS) is 12.1. The lowest BCUT2D eigenvalue weighted by molar-refractivity contribution is -0.132. The summed E-state index contributed by atoms with van der Waals surface area (Å²) in [7, 11) is 1.47. The summed E-state index contributed by atoms with van der Waals surface area (Å²) in [5.41, 5.74) is 9.83. The lowest BCUT2D eigenvalue weighted by atomic mass is 10.0. The Labute approximate surface area is 312 Å². The molecule has 270 valence electrons. The van der Waals surface area contributed by atoms with Crippen LogP contribution in [0.25, 0.3) is 10.9 Å². The van der Waals surface area contributed by atoms with E-state index in [1.54, 1.807) is 24.3 Å². The molecule has 11 nitrogen and oxygen atoms in total. The van der Waals surface area contributed by atoms with Gasteiger partial charge in [0, 0.05) is 58.4 Å². The molecular formula is C39H41Cl2N7O4. The third kappa shape index (κ3) is 10.3. The number of likely N-dealkylation sites (N-methyl/N-ethyl adjacent to an activating group) is 1. The fourth-order valence-corrected chi connectivity index (χ4v) is 6.21. The van der Waals surface area contributed by atoms with Gasteiger partial charge in [-0.3, -0.25) is 14.4 Å². The molecule has 0 spiro atoms. The number of hydrogen-bond acceptors (Lipinski definition) is 5. The zero-order valence-corrected chi connectivity index (χ0v) is 30.2. The van der Waals surface area contributed by atoms with Gasteiger partial charge in [0.1, 0.15) is 18.6 Å². The molecule has 52 heavy (non-hydrogen) atoms. The number of urea groups is 1. The van der Waals surface area contributed by atoms with E-state index in [1.807, 2.05) is 89.6 Å². The largest absolute Gasteiger partial charge is 0.350 e. The number of anilines is 1. The van der Waals surface area contributed by atoms with Crippen LogP contribution in [0.4, 0.5) is 10.5 Å². The lowest BCUT2D eigenvalue weighted by Crippen LogP contribution is -2.55. The number of aromatic nitrogens is 1. The SMILES string of the molecule is CN(CC(=O)N[C@@H](CCN)C(=O)N[C@@H](Cc1ccccc1)C(=O)NCc1ccccc1)C(=O)Nc1ccc2c(ccn2Cc2c(Cl)cccc2Cl)c1. The van der Waals surface area contributed by atoms with Gasteiger partial charge >= 0.3 is 6.03 Å². The van der Waals surface area contributed by atoms with Crippen molar-refractivity contribution in [2.24, 2.45) is 5.73 Å². The number of nitrogens with zero attached hydrogens (tertiary/aromatic N) is 2. The third-order valence-electron chi connectivity index (χ3n) is 8.47. The summed E-state index contributed by atoms with van der Waals surface area (Å²) in [6, 6.07) is 29.1. The highest BCUT2D eigenvalue weighted by molar-refractivity contribution is 6.36. The Morgan fingerprint density at radius 2 is 1.46 bits per heavy atom. The van der Waals surface area contributed by atoms with E-state index in [-0.39, 0.29) is 38.4 Å². The van der Waals surface area contributed by atoms with Gasteiger partial charge in [-0.05, 0) is 60.5 Å². The van der Waals surface area contributed by atoms with Gasteiger partial charge in [0.05, 0.1) is 6.54 Å².